The molecule has 0 bridgehead atoms. The second-order valence-corrected chi connectivity index (χ2v) is 9.48. The number of rotatable bonds is 6. The average molecular weight is 516 g/mol. The molecule has 0 saturated carbocycles. The number of hydrogen-bond acceptors (Lipinski definition) is 6. The molecule has 1 fully saturated rings. The summed E-state index contributed by atoms with van der Waals surface area (Å²) in [6.07, 6.45) is 0.401. The number of ether oxygens (including phenoxy) is 1. The molecule has 7 nitrogen and oxygen atoms in total. The first-order valence-electron chi connectivity index (χ1n) is 10.7. The molecule has 4 rings (SSSR count). The molecule has 176 valence electrons. The summed E-state index contributed by atoms with van der Waals surface area (Å²) in [5, 5.41) is 6.62. The summed E-state index contributed by atoms with van der Waals surface area (Å²) in [5.74, 6) is -1.31. The standard InChI is InChI=1S/C24H22ClN3O4S2/c25-20-16-8-4-5-9-18(16)34-21(20)23(31)27-24(33)28-12-11-26-22(30)17(28)14-19(29)32-13-10-15-6-2-1-3-7-15/h1-9,17H,10-14H2,(H,26,30)(H,27,31,33). The largest absolute Gasteiger partial charge is 0.465 e. The van der Waals surface area contributed by atoms with Crippen molar-refractivity contribution in [2.45, 2.75) is 18.9 Å². The Balaban J connectivity index is 1.38. The predicted molar refractivity (Wildman–Crippen MR) is 136 cm³/mol. The van der Waals surface area contributed by atoms with E-state index in [9.17, 15) is 14.4 Å². The van der Waals surface area contributed by atoms with E-state index in [1.165, 1.54) is 11.3 Å². The van der Waals surface area contributed by atoms with Gasteiger partial charge >= 0.3 is 5.97 Å². The third kappa shape index (κ3) is 5.55. The van der Waals surface area contributed by atoms with Crippen molar-refractivity contribution in [3.63, 3.8) is 0 Å². The third-order valence-corrected chi connectivity index (χ3v) is 7.42. The van der Waals surface area contributed by atoms with E-state index in [-0.39, 0.29) is 24.0 Å². The van der Waals surface area contributed by atoms with Crippen LogP contribution in [0.5, 0.6) is 0 Å². The number of thiophene rings is 1. The topological polar surface area (TPSA) is 87.7 Å². The zero-order valence-electron chi connectivity index (χ0n) is 18.1. The average Bonchev–Trinajstić information content (AvgIpc) is 3.18. The number of esters is 1. The molecule has 3 aromatic rings. The summed E-state index contributed by atoms with van der Waals surface area (Å²) in [4.78, 5) is 39.7. The molecule has 2 aromatic carbocycles. The van der Waals surface area contributed by atoms with Crippen LogP contribution in [0.25, 0.3) is 10.1 Å². The van der Waals surface area contributed by atoms with Crippen molar-refractivity contribution >= 4 is 68.1 Å². The molecule has 1 aromatic heterocycles. The van der Waals surface area contributed by atoms with E-state index in [2.05, 4.69) is 10.6 Å². The van der Waals surface area contributed by atoms with Gasteiger partial charge in [-0.1, -0.05) is 60.1 Å². The molecule has 0 aliphatic carbocycles. The van der Waals surface area contributed by atoms with Crippen LogP contribution in [0.1, 0.15) is 21.7 Å². The molecule has 10 heteroatoms. The molecule has 0 radical (unpaired) electrons. The molecule has 1 aliphatic heterocycles. The van der Waals surface area contributed by atoms with Crippen LogP contribution in [0.3, 0.4) is 0 Å². The number of benzene rings is 2. The lowest BCUT2D eigenvalue weighted by atomic mass is 10.1. The van der Waals surface area contributed by atoms with Gasteiger partial charge in [0.25, 0.3) is 5.91 Å². The molecule has 1 atom stereocenters. The highest BCUT2D eigenvalue weighted by Gasteiger charge is 2.34. The quantitative estimate of drug-likeness (QED) is 0.385. The number of hydrogen-bond donors (Lipinski definition) is 2. The molecule has 2 amide bonds. The molecule has 1 saturated heterocycles. The maximum Gasteiger partial charge on any atom is 0.308 e. The van der Waals surface area contributed by atoms with Crippen molar-refractivity contribution < 1.29 is 19.1 Å². The van der Waals surface area contributed by atoms with Crippen molar-refractivity contribution in [1.82, 2.24) is 15.5 Å². The van der Waals surface area contributed by atoms with Gasteiger partial charge in [-0.25, -0.2) is 0 Å². The minimum Gasteiger partial charge on any atom is -0.465 e. The zero-order chi connectivity index (χ0) is 24.1. The highest BCUT2D eigenvalue weighted by molar-refractivity contribution is 7.80. The number of halogens is 1. The van der Waals surface area contributed by atoms with Crippen molar-refractivity contribution in [2.24, 2.45) is 0 Å². The Morgan fingerprint density at radius 3 is 2.68 bits per heavy atom. The number of carbonyl (C=O) groups excluding carboxylic acids is 3. The first-order valence-corrected chi connectivity index (χ1v) is 12.3. The van der Waals surface area contributed by atoms with Gasteiger partial charge in [0.1, 0.15) is 10.9 Å². The fourth-order valence-corrected chi connectivity index (χ4v) is 5.41. The second kappa shape index (κ2) is 10.9. The Bertz CT molecular complexity index is 1230. The number of nitrogens with zero attached hydrogens (tertiary/aromatic N) is 1. The molecule has 1 aliphatic rings. The van der Waals surface area contributed by atoms with Crippen molar-refractivity contribution in [1.29, 1.82) is 0 Å². The Morgan fingerprint density at radius 1 is 1.18 bits per heavy atom. The van der Waals surface area contributed by atoms with Gasteiger partial charge in [0, 0.05) is 29.6 Å². The van der Waals surface area contributed by atoms with E-state index in [1.54, 1.807) is 4.90 Å². The van der Waals surface area contributed by atoms with Gasteiger partial charge in [-0.15, -0.1) is 11.3 Å². The molecule has 2 N–H and O–H groups in total. The number of fused-ring (bicyclic) bond motifs is 1. The molecule has 0 spiro atoms. The molecule has 2 heterocycles. The molecular weight excluding hydrogens is 494 g/mol. The lowest BCUT2D eigenvalue weighted by Gasteiger charge is -2.36. The summed E-state index contributed by atoms with van der Waals surface area (Å²) in [6, 6.07) is 16.2. The van der Waals surface area contributed by atoms with Crippen LogP contribution in [0.2, 0.25) is 5.02 Å². The Kier molecular flexibility index (Phi) is 7.77. The van der Waals surface area contributed by atoms with Crippen LogP contribution < -0.4 is 10.6 Å². The maximum atomic E-state index is 12.9. The van der Waals surface area contributed by atoms with E-state index in [0.29, 0.717) is 29.4 Å². The molecular formula is C24H22ClN3O4S2. The maximum absolute atomic E-state index is 12.9. The van der Waals surface area contributed by atoms with E-state index >= 15 is 0 Å². The first-order chi connectivity index (χ1) is 16.4. The van der Waals surface area contributed by atoms with Gasteiger partial charge in [0.15, 0.2) is 5.11 Å². The lowest BCUT2D eigenvalue weighted by Crippen LogP contribution is -2.60. The number of piperazine rings is 1. The Morgan fingerprint density at radius 2 is 1.91 bits per heavy atom. The van der Waals surface area contributed by atoms with Gasteiger partial charge in [0.2, 0.25) is 5.91 Å². The summed E-state index contributed by atoms with van der Waals surface area (Å²) >= 11 is 13.1. The van der Waals surface area contributed by atoms with Crippen LogP contribution >= 0.6 is 35.2 Å². The Labute approximate surface area is 211 Å². The SMILES string of the molecule is O=C(CC1C(=O)NCCN1C(=S)NC(=O)c1sc2ccccc2c1Cl)OCCc1ccccc1. The minimum absolute atomic E-state index is 0.0652. The highest BCUT2D eigenvalue weighted by atomic mass is 35.5. The number of amides is 2. The van der Waals surface area contributed by atoms with E-state index in [0.717, 1.165) is 15.6 Å². The van der Waals surface area contributed by atoms with Crippen molar-refractivity contribution in [2.75, 3.05) is 19.7 Å². The summed E-state index contributed by atoms with van der Waals surface area (Å²) < 4.78 is 6.22. The summed E-state index contributed by atoms with van der Waals surface area (Å²) in [5.41, 5.74) is 1.05. The monoisotopic (exact) mass is 515 g/mol. The summed E-state index contributed by atoms with van der Waals surface area (Å²) in [7, 11) is 0. The number of carbonyl (C=O) groups is 3. The van der Waals surface area contributed by atoms with Gasteiger partial charge in [-0.3, -0.25) is 19.7 Å². The van der Waals surface area contributed by atoms with Gasteiger partial charge in [0.05, 0.1) is 18.1 Å². The molecule has 1 unspecified atom stereocenters. The van der Waals surface area contributed by atoms with Gasteiger partial charge in [-0.05, 0) is 23.8 Å². The predicted octanol–water partition coefficient (Wildman–Crippen LogP) is 3.55. The fourth-order valence-electron chi connectivity index (χ4n) is 3.69. The van der Waals surface area contributed by atoms with Crippen molar-refractivity contribution in [3.8, 4) is 0 Å². The van der Waals surface area contributed by atoms with Crippen LogP contribution in [0, 0.1) is 0 Å². The normalized spacial score (nSPS) is 15.6. The first kappa shape index (κ1) is 24.1. The number of thiocarbonyl (C=S) groups is 1. The smallest absolute Gasteiger partial charge is 0.308 e. The van der Waals surface area contributed by atoms with Gasteiger partial charge < -0.3 is 15.0 Å². The fraction of sp³-hybridized carbons (Fsp3) is 0.250. The van der Waals surface area contributed by atoms with Gasteiger partial charge in [-0.2, -0.15) is 0 Å². The zero-order valence-corrected chi connectivity index (χ0v) is 20.5. The van der Waals surface area contributed by atoms with Crippen LogP contribution in [0.4, 0.5) is 0 Å². The highest BCUT2D eigenvalue weighted by Crippen LogP contribution is 2.35. The minimum atomic E-state index is -0.872. The van der Waals surface area contributed by atoms with Crippen LogP contribution in [-0.2, 0) is 20.7 Å². The Hall–Kier alpha value is -3.01. The van der Waals surface area contributed by atoms with Crippen molar-refractivity contribution in [3.05, 3.63) is 70.1 Å². The van der Waals surface area contributed by atoms with E-state index in [1.807, 2.05) is 54.6 Å². The van der Waals surface area contributed by atoms with Crippen LogP contribution in [0.15, 0.2) is 54.6 Å². The third-order valence-electron chi connectivity index (χ3n) is 5.41. The second-order valence-electron chi connectivity index (χ2n) is 7.66. The van der Waals surface area contributed by atoms with Crippen LogP contribution in [-0.4, -0.2) is 53.5 Å². The number of nitrogens with one attached hydrogen (secondary N) is 2. The lowest BCUT2D eigenvalue weighted by molar-refractivity contribution is -0.147. The molecule has 34 heavy (non-hydrogen) atoms. The van der Waals surface area contributed by atoms with E-state index < -0.39 is 17.9 Å². The van der Waals surface area contributed by atoms with E-state index in [4.69, 9.17) is 28.6 Å². The summed E-state index contributed by atoms with van der Waals surface area (Å²) in [6.45, 7) is 0.911.